The number of aryl methyl sites for hydroxylation is 3. The van der Waals surface area contributed by atoms with Crippen LogP contribution >= 0.6 is 0 Å². The fourth-order valence-corrected chi connectivity index (χ4v) is 4.23. The number of benzene rings is 2. The van der Waals surface area contributed by atoms with Gasteiger partial charge in [0.15, 0.2) is 0 Å². The van der Waals surface area contributed by atoms with Crippen LogP contribution in [0.25, 0.3) is 11.0 Å². The maximum absolute atomic E-state index is 12.2. The zero-order valence-electron chi connectivity index (χ0n) is 17.4. The van der Waals surface area contributed by atoms with E-state index in [4.69, 9.17) is 4.42 Å². The van der Waals surface area contributed by atoms with Crippen LogP contribution in [0.5, 0.6) is 0 Å². The van der Waals surface area contributed by atoms with Gasteiger partial charge < -0.3 is 16.8 Å². The second-order valence-corrected chi connectivity index (χ2v) is 7.97. The summed E-state index contributed by atoms with van der Waals surface area (Å²) in [5.41, 5.74) is 6.36. The van der Waals surface area contributed by atoms with E-state index in [1.54, 1.807) is 6.07 Å². The number of halogens is 1. The fraction of sp³-hybridized carbons (Fsp3) is 0.375. The van der Waals surface area contributed by atoms with Crippen LogP contribution < -0.4 is 18.0 Å². The molecule has 5 heteroatoms. The first-order valence-electron chi connectivity index (χ1n) is 10.0. The summed E-state index contributed by atoms with van der Waals surface area (Å²) in [5, 5.41) is 1.11. The van der Waals surface area contributed by atoms with Crippen LogP contribution in [0.4, 0.5) is 0 Å². The number of hydrogen-bond donors (Lipinski definition) is 0. The minimum Gasteiger partial charge on any atom is -1.00 e. The quantitative estimate of drug-likeness (QED) is 0.601. The van der Waals surface area contributed by atoms with E-state index in [2.05, 4.69) is 60.0 Å². The van der Waals surface area contributed by atoms with Crippen LogP contribution in [0, 0.1) is 20.8 Å². The SMILES string of the molecule is Cc1cc(C)c2c(CN3CCN(Cc4ccccc4)CC3)cc(=O)oc2c1C.[Cl-]. The lowest BCUT2D eigenvalue weighted by atomic mass is 9.98. The van der Waals surface area contributed by atoms with Crippen LogP contribution in [0.3, 0.4) is 0 Å². The van der Waals surface area contributed by atoms with E-state index in [0.29, 0.717) is 0 Å². The molecule has 29 heavy (non-hydrogen) atoms. The minimum absolute atomic E-state index is 0. The summed E-state index contributed by atoms with van der Waals surface area (Å²) in [6.45, 7) is 12.1. The molecule has 4 nitrogen and oxygen atoms in total. The molecule has 1 saturated heterocycles. The molecule has 2 aromatic carbocycles. The van der Waals surface area contributed by atoms with Crippen molar-refractivity contribution < 1.29 is 16.8 Å². The summed E-state index contributed by atoms with van der Waals surface area (Å²) >= 11 is 0. The molecule has 0 unspecified atom stereocenters. The number of fused-ring (bicyclic) bond motifs is 1. The zero-order valence-corrected chi connectivity index (χ0v) is 18.1. The van der Waals surface area contributed by atoms with Crippen molar-refractivity contribution in [2.24, 2.45) is 0 Å². The van der Waals surface area contributed by atoms with Gasteiger partial charge in [0.25, 0.3) is 0 Å². The molecule has 1 aromatic heterocycles. The number of piperazine rings is 1. The third kappa shape index (κ3) is 4.72. The van der Waals surface area contributed by atoms with E-state index in [9.17, 15) is 4.79 Å². The van der Waals surface area contributed by atoms with E-state index >= 15 is 0 Å². The molecule has 1 aliphatic rings. The van der Waals surface area contributed by atoms with Crippen molar-refractivity contribution in [3.63, 3.8) is 0 Å². The molecule has 0 radical (unpaired) electrons. The Morgan fingerprint density at radius 2 is 1.48 bits per heavy atom. The van der Waals surface area contributed by atoms with Crippen LogP contribution in [-0.4, -0.2) is 36.0 Å². The smallest absolute Gasteiger partial charge is 0.336 e. The molecule has 3 aromatic rings. The average molecular weight is 412 g/mol. The van der Waals surface area contributed by atoms with E-state index in [1.807, 2.05) is 6.92 Å². The van der Waals surface area contributed by atoms with Crippen molar-refractivity contribution in [1.29, 1.82) is 0 Å². The molecule has 4 rings (SSSR count). The van der Waals surface area contributed by atoms with Crippen molar-refractivity contribution in [3.05, 3.63) is 80.7 Å². The van der Waals surface area contributed by atoms with Gasteiger partial charge in [-0.3, -0.25) is 9.80 Å². The summed E-state index contributed by atoms with van der Waals surface area (Å²) in [6, 6.07) is 14.5. The molecular formula is C24H28ClN2O2-. The van der Waals surface area contributed by atoms with Crippen LogP contribution in [0.1, 0.15) is 27.8 Å². The molecule has 0 atom stereocenters. The second-order valence-electron chi connectivity index (χ2n) is 7.97. The highest BCUT2D eigenvalue weighted by Crippen LogP contribution is 2.28. The molecule has 0 spiro atoms. The van der Waals surface area contributed by atoms with Crippen molar-refractivity contribution in [1.82, 2.24) is 9.80 Å². The van der Waals surface area contributed by atoms with Crippen LogP contribution in [0.2, 0.25) is 0 Å². The maximum atomic E-state index is 12.2. The van der Waals surface area contributed by atoms with Crippen LogP contribution in [0.15, 0.2) is 51.7 Å². The van der Waals surface area contributed by atoms with Crippen LogP contribution in [-0.2, 0) is 13.1 Å². The summed E-state index contributed by atoms with van der Waals surface area (Å²) in [7, 11) is 0. The Balaban J connectivity index is 0.00000240. The lowest BCUT2D eigenvalue weighted by molar-refractivity contribution is -0.00000642. The second kappa shape index (κ2) is 9.12. The standard InChI is InChI=1S/C24H28N2O2.ClH/c1-17-13-18(2)23-21(14-22(27)28-24(23)19(17)3)16-26-11-9-25(10-12-26)15-20-7-5-4-6-8-20;/h4-8,13-14H,9-12,15-16H2,1-3H3;1H/p-1. The van der Waals surface area contributed by atoms with E-state index in [0.717, 1.165) is 61.4 Å². The molecule has 1 aliphatic heterocycles. The van der Waals surface area contributed by atoms with Gasteiger partial charge in [-0.15, -0.1) is 0 Å². The fourth-order valence-electron chi connectivity index (χ4n) is 4.23. The molecule has 0 bridgehead atoms. The van der Waals surface area contributed by atoms with Crippen molar-refractivity contribution >= 4 is 11.0 Å². The summed E-state index contributed by atoms with van der Waals surface area (Å²) in [4.78, 5) is 17.1. The van der Waals surface area contributed by atoms with Gasteiger partial charge in [0, 0.05) is 50.7 Å². The Labute approximate surface area is 178 Å². The molecule has 1 fully saturated rings. The lowest BCUT2D eigenvalue weighted by Crippen LogP contribution is -3.00. The van der Waals surface area contributed by atoms with Gasteiger partial charge in [0.2, 0.25) is 0 Å². The summed E-state index contributed by atoms with van der Waals surface area (Å²) in [6.07, 6.45) is 0. The highest BCUT2D eigenvalue weighted by molar-refractivity contribution is 5.87. The minimum atomic E-state index is -0.252. The molecule has 0 aliphatic carbocycles. The zero-order chi connectivity index (χ0) is 19.7. The van der Waals surface area contributed by atoms with Gasteiger partial charge in [0.1, 0.15) is 5.58 Å². The van der Waals surface area contributed by atoms with E-state index in [1.165, 1.54) is 16.7 Å². The molecule has 0 N–H and O–H groups in total. The normalized spacial score (nSPS) is 15.4. The Morgan fingerprint density at radius 1 is 0.862 bits per heavy atom. The van der Waals surface area contributed by atoms with Gasteiger partial charge in [-0.25, -0.2) is 4.79 Å². The predicted octanol–water partition coefficient (Wildman–Crippen LogP) is 1.04. The average Bonchev–Trinajstić information content (AvgIpc) is 2.68. The first-order chi connectivity index (χ1) is 13.5. The first kappa shape index (κ1) is 21.6. The van der Waals surface area contributed by atoms with Gasteiger partial charge >= 0.3 is 5.63 Å². The topological polar surface area (TPSA) is 36.7 Å². The summed E-state index contributed by atoms with van der Waals surface area (Å²) < 4.78 is 5.59. The first-order valence-corrected chi connectivity index (χ1v) is 10.0. The monoisotopic (exact) mass is 411 g/mol. The summed E-state index contributed by atoms with van der Waals surface area (Å²) in [5.74, 6) is 0. The number of nitrogens with zero attached hydrogens (tertiary/aromatic N) is 2. The van der Waals surface area contributed by atoms with Crippen molar-refractivity contribution in [2.75, 3.05) is 26.2 Å². The number of hydrogen-bond acceptors (Lipinski definition) is 4. The third-order valence-electron chi connectivity index (χ3n) is 5.91. The third-order valence-corrected chi connectivity index (χ3v) is 5.91. The predicted molar refractivity (Wildman–Crippen MR) is 114 cm³/mol. The van der Waals surface area contributed by atoms with Gasteiger partial charge in [-0.05, 0) is 48.6 Å². The molecular weight excluding hydrogens is 384 g/mol. The van der Waals surface area contributed by atoms with E-state index in [-0.39, 0.29) is 18.0 Å². The van der Waals surface area contributed by atoms with Gasteiger partial charge in [0.05, 0.1) is 0 Å². The molecule has 2 heterocycles. The Morgan fingerprint density at radius 3 is 2.14 bits per heavy atom. The highest BCUT2D eigenvalue weighted by Gasteiger charge is 2.20. The maximum Gasteiger partial charge on any atom is 0.336 e. The largest absolute Gasteiger partial charge is 1.00 e. The van der Waals surface area contributed by atoms with Gasteiger partial charge in [-0.1, -0.05) is 36.4 Å². The van der Waals surface area contributed by atoms with Gasteiger partial charge in [-0.2, -0.15) is 0 Å². The van der Waals surface area contributed by atoms with Crippen molar-refractivity contribution in [2.45, 2.75) is 33.9 Å². The van der Waals surface area contributed by atoms with E-state index < -0.39 is 0 Å². The molecule has 154 valence electrons. The lowest BCUT2D eigenvalue weighted by Gasteiger charge is -2.35. The van der Waals surface area contributed by atoms with Crippen molar-refractivity contribution in [3.8, 4) is 0 Å². The Bertz CT molecular complexity index is 1040. The number of rotatable bonds is 4. The highest BCUT2D eigenvalue weighted by atomic mass is 35.5. The molecule has 0 amide bonds. The molecule has 0 saturated carbocycles. The Hall–Kier alpha value is -2.14. The Kier molecular flexibility index (Phi) is 6.78.